The Bertz CT molecular complexity index is 881. The van der Waals surface area contributed by atoms with Crippen LogP contribution < -0.4 is 5.48 Å². The third-order valence-electron chi connectivity index (χ3n) is 4.20. The van der Waals surface area contributed by atoms with Gasteiger partial charge in [-0.05, 0) is 42.7 Å². The molecule has 0 aliphatic heterocycles. The molecule has 146 valence electrons. The van der Waals surface area contributed by atoms with Gasteiger partial charge in [-0.15, -0.1) is 0 Å². The number of sulfonamides is 1. The van der Waals surface area contributed by atoms with Crippen molar-refractivity contribution in [2.45, 2.75) is 38.3 Å². The minimum Gasteiger partial charge on any atom is -0.289 e. The molecule has 2 rings (SSSR count). The van der Waals surface area contributed by atoms with E-state index >= 15 is 0 Å². The second kappa shape index (κ2) is 8.60. The fourth-order valence-corrected chi connectivity index (χ4v) is 4.49. The normalized spacial score (nSPS) is 13.0. The maximum absolute atomic E-state index is 13.2. The summed E-state index contributed by atoms with van der Waals surface area (Å²) in [7, 11) is -4.13. The van der Waals surface area contributed by atoms with Crippen LogP contribution in [0.4, 0.5) is 4.39 Å². The molecule has 0 aromatic heterocycles. The Balaban J connectivity index is 2.54. The van der Waals surface area contributed by atoms with Crippen LogP contribution in [0.25, 0.3) is 0 Å². The van der Waals surface area contributed by atoms with Crippen molar-refractivity contribution in [1.29, 1.82) is 0 Å². The first-order chi connectivity index (χ1) is 12.7. The summed E-state index contributed by atoms with van der Waals surface area (Å²) in [6.07, 6.45) is 0. The van der Waals surface area contributed by atoms with Gasteiger partial charge in [0.15, 0.2) is 0 Å². The number of carbonyl (C=O) groups excluding carboxylic acids is 1. The van der Waals surface area contributed by atoms with Crippen LogP contribution in [0.15, 0.2) is 53.4 Å². The smallest absolute Gasteiger partial charge is 0.262 e. The highest BCUT2D eigenvalue weighted by Crippen LogP contribution is 2.25. The summed E-state index contributed by atoms with van der Waals surface area (Å²) < 4.78 is 40.7. The number of nitrogens with zero attached hydrogens (tertiary/aromatic N) is 1. The second-order valence-corrected chi connectivity index (χ2v) is 8.55. The van der Waals surface area contributed by atoms with Crippen LogP contribution in [-0.4, -0.2) is 29.9 Å². The van der Waals surface area contributed by atoms with Crippen molar-refractivity contribution in [3.8, 4) is 0 Å². The lowest BCUT2D eigenvalue weighted by Gasteiger charge is -2.32. The molecule has 0 saturated heterocycles. The molecule has 1 atom stereocenters. The molecule has 0 aliphatic rings. The van der Waals surface area contributed by atoms with Crippen molar-refractivity contribution in [1.82, 2.24) is 9.79 Å². The zero-order chi connectivity index (χ0) is 20.2. The molecule has 6 nitrogen and oxygen atoms in total. The van der Waals surface area contributed by atoms with E-state index < -0.39 is 33.7 Å². The summed E-state index contributed by atoms with van der Waals surface area (Å²) in [6, 6.07) is 10.5. The first kappa shape index (κ1) is 21.0. The molecule has 0 bridgehead atoms. The topological polar surface area (TPSA) is 86.7 Å². The molecular formula is C19H23FN2O4S. The van der Waals surface area contributed by atoms with E-state index in [0.717, 1.165) is 34.1 Å². The van der Waals surface area contributed by atoms with Gasteiger partial charge in [-0.3, -0.25) is 10.0 Å². The molecule has 0 aliphatic carbocycles. The lowest BCUT2D eigenvalue weighted by atomic mass is 10.0. The number of halogens is 1. The van der Waals surface area contributed by atoms with Crippen LogP contribution in [0.1, 0.15) is 25.0 Å². The van der Waals surface area contributed by atoms with E-state index in [-0.39, 0.29) is 11.4 Å². The van der Waals surface area contributed by atoms with Gasteiger partial charge in [-0.25, -0.2) is 18.3 Å². The molecule has 27 heavy (non-hydrogen) atoms. The lowest BCUT2D eigenvalue weighted by molar-refractivity contribution is -0.134. The lowest BCUT2D eigenvalue weighted by Crippen LogP contribution is -2.51. The van der Waals surface area contributed by atoms with E-state index in [9.17, 15) is 17.6 Å². The molecule has 2 N–H and O–H groups in total. The molecule has 0 fully saturated rings. The van der Waals surface area contributed by atoms with Crippen molar-refractivity contribution >= 4 is 15.9 Å². The Morgan fingerprint density at radius 1 is 1.11 bits per heavy atom. The number of aryl methyl sites for hydroxylation is 1. The van der Waals surface area contributed by atoms with Gasteiger partial charge in [0, 0.05) is 6.54 Å². The van der Waals surface area contributed by atoms with Gasteiger partial charge in [0.25, 0.3) is 5.91 Å². The number of hydrogen-bond acceptors (Lipinski definition) is 4. The maximum Gasteiger partial charge on any atom is 0.262 e. The fraction of sp³-hybridized carbons (Fsp3) is 0.316. The molecule has 0 saturated carbocycles. The van der Waals surface area contributed by atoms with Gasteiger partial charge in [0.1, 0.15) is 11.9 Å². The summed E-state index contributed by atoms with van der Waals surface area (Å²) in [6.45, 7) is 5.20. The van der Waals surface area contributed by atoms with Gasteiger partial charge in [0.05, 0.1) is 4.90 Å². The van der Waals surface area contributed by atoms with Gasteiger partial charge in [0.2, 0.25) is 10.0 Å². The van der Waals surface area contributed by atoms with Crippen LogP contribution >= 0.6 is 0 Å². The molecule has 8 heteroatoms. The predicted molar refractivity (Wildman–Crippen MR) is 98.9 cm³/mol. The largest absolute Gasteiger partial charge is 0.289 e. The van der Waals surface area contributed by atoms with Crippen molar-refractivity contribution < 1.29 is 22.8 Å². The third-order valence-corrected chi connectivity index (χ3v) is 6.04. The Morgan fingerprint density at radius 2 is 1.67 bits per heavy atom. The molecule has 0 heterocycles. The fourth-order valence-electron chi connectivity index (χ4n) is 2.78. The number of rotatable bonds is 7. The molecule has 2 aromatic rings. The average molecular weight is 394 g/mol. The SMILES string of the molecule is Cc1ccc(CN([C@H](C(=O)NO)C(C)C)S(=O)(=O)c2ccc(F)cc2)cc1. The maximum atomic E-state index is 13.2. The summed E-state index contributed by atoms with van der Waals surface area (Å²) in [5, 5.41) is 9.11. The number of hydrogen-bond donors (Lipinski definition) is 2. The van der Waals surface area contributed by atoms with E-state index in [2.05, 4.69) is 0 Å². The third kappa shape index (κ3) is 4.91. The van der Waals surface area contributed by atoms with E-state index in [1.165, 1.54) is 0 Å². The summed E-state index contributed by atoms with van der Waals surface area (Å²) in [5.41, 5.74) is 3.25. The first-order valence-electron chi connectivity index (χ1n) is 8.43. The number of hydroxylamine groups is 1. The van der Waals surface area contributed by atoms with E-state index in [0.29, 0.717) is 5.56 Å². The van der Waals surface area contributed by atoms with E-state index in [1.54, 1.807) is 31.5 Å². The monoisotopic (exact) mass is 394 g/mol. The van der Waals surface area contributed by atoms with Crippen LogP contribution in [0.3, 0.4) is 0 Å². The zero-order valence-electron chi connectivity index (χ0n) is 15.4. The summed E-state index contributed by atoms with van der Waals surface area (Å²) in [4.78, 5) is 12.1. The quantitative estimate of drug-likeness (QED) is 0.558. The van der Waals surface area contributed by atoms with Crippen LogP contribution in [-0.2, 0) is 21.4 Å². The number of carbonyl (C=O) groups is 1. The van der Waals surface area contributed by atoms with Crippen molar-refractivity contribution in [2.24, 2.45) is 5.92 Å². The molecule has 2 aromatic carbocycles. The minimum atomic E-state index is -4.13. The molecular weight excluding hydrogens is 371 g/mol. The van der Waals surface area contributed by atoms with Crippen molar-refractivity contribution in [3.05, 3.63) is 65.5 Å². The number of benzene rings is 2. The summed E-state index contributed by atoms with van der Waals surface area (Å²) >= 11 is 0. The Labute approximate surface area is 158 Å². The molecule has 0 radical (unpaired) electrons. The minimum absolute atomic E-state index is 0.0732. The van der Waals surface area contributed by atoms with Gasteiger partial charge in [-0.2, -0.15) is 4.31 Å². The summed E-state index contributed by atoms with van der Waals surface area (Å²) in [5.74, 6) is -1.81. The van der Waals surface area contributed by atoms with Gasteiger partial charge in [-0.1, -0.05) is 43.7 Å². The Morgan fingerprint density at radius 3 is 2.15 bits per heavy atom. The van der Waals surface area contributed by atoms with Crippen molar-refractivity contribution in [2.75, 3.05) is 0 Å². The number of nitrogens with one attached hydrogen (secondary N) is 1. The molecule has 0 unspecified atom stereocenters. The highest BCUT2D eigenvalue weighted by molar-refractivity contribution is 7.89. The highest BCUT2D eigenvalue weighted by atomic mass is 32.2. The van der Waals surface area contributed by atoms with Gasteiger partial charge < -0.3 is 0 Å². The van der Waals surface area contributed by atoms with E-state index in [1.807, 2.05) is 19.1 Å². The average Bonchev–Trinajstić information content (AvgIpc) is 2.62. The Kier molecular flexibility index (Phi) is 6.69. The first-order valence-corrected chi connectivity index (χ1v) is 9.87. The number of amides is 1. The molecule has 0 spiro atoms. The van der Waals surface area contributed by atoms with Crippen LogP contribution in [0, 0.1) is 18.7 Å². The van der Waals surface area contributed by atoms with Gasteiger partial charge >= 0.3 is 0 Å². The highest BCUT2D eigenvalue weighted by Gasteiger charge is 2.38. The van der Waals surface area contributed by atoms with Crippen LogP contribution in [0.5, 0.6) is 0 Å². The van der Waals surface area contributed by atoms with E-state index in [4.69, 9.17) is 5.21 Å². The Hall–Kier alpha value is -2.29. The second-order valence-electron chi connectivity index (χ2n) is 6.65. The van der Waals surface area contributed by atoms with Crippen LogP contribution in [0.2, 0.25) is 0 Å². The molecule has 1 amide bonds. The predicted octanol–water partition coefficient (Wildman–Crippen LogP) is 2.86. The standard InChI is InChI=1S/C19H23FN2O4S/c1-13(2)18(19(23)21-24)22(12-15-6-4-14(3)5-7-15)27(25,26)17-10-8-16(20)9-11-17/h4-11,13,18,24H,12H2,1-3H3,(H,21,23)/t18-/m0/s1. The van der Waals surface area contributed by atoms with Crippen molar-refractivity contribution in [3.63, 3.8) is 0 Å². The zero-order valence-corrected chi connectivity index (χ0v) is 16.2.